The lowest BCUT2D eigenvalue weighted by atomic mass is 10.1. The number of carbonyl (C=O) groups excluding carboxylic acids is 1. The summed E-state index contributed by atoms with van der Waals surface area (Å²) in [5.74, 6) is 0.213. The number of hydrogen-bond donors (Lipinski definition) is 1. The molecule has 3 rings (SSSR count). The highest BCUT2D eigenvalue weighted by Gasteiger charge is 2.31. The van der Waals surface area contributed by atoms with Crippen LogP contribution in [0.5, 0.6) is 0 Å². The Hall–Kier alpha value is -0.810. The molecule has 2 heterocycles. The second-order valence-electron chi connectivity index (χ2n) is 5.34. The summed E-state index contributed by atoms with van der Waals surface area (Å²) in [6.45, 7) is 2.84. The minimum Gasteiger partial charge on any atom is -0.370 e. The predicted octanol–water partition coefficient (Wildman–Crippen LogP) is 2.41. The van der Waals surface area contributed by atoms with Gasteiger partial charge in [0.05, 0.1) is 19.2 Å². The molecule has 0 aromatic heterocycles. The molecule has 116 valence electrons. The van der Waals surface area contributed by atoms with E-state index in [1.54, 1.807) is 0 Å². The van der Waals surface area contributed by atoms with Crippen molar-refractivity contribution in [3.63, 3.8) is 0 Å². The Balaban J connectivity index is 0.00000161. The Kier molecular flexibility index (Phi) is 5.88. The van der Waals surface area contributed by atoms with Gasteiger partial charge in [-0.15, -0.1) is 12.4 Å². The van der Waals surface area contributed by atoms with Crippen LogP contribution in [0.25, 0.3) is 0 Å². The number of benzene rings is 1. The zero-order valence-electron chi connectivity index (χ0n) is 11.8. The first-order valence-corrected chi connectivity index (χ1v) is 7.51. The lowest BCUT2D eigenvalue weighted by molar-refractivity contribution is -0.140. The van der Waals surface area contributed by atoms with E-state index in [9.17, 15) is 4.79 Å². The molecule has 2 aliphatic heterocycles. The van der Waals surface area contributed by atoms with Crippen LogP contribution in [0, 0.1) is 0 Å². The maximum atomic E-state index is 12.4. The molecule has 4 nitrogen and oxygen atoms in total. The third-order valence-corrected chi connectivity index (χ3v) is 4.23. The van der Waals surface area contributed by atoms with Crippen LogP contribution in [0.2, 0.25) is 5.02 Å². The number of nitrogens with one attached hydrogen (secondary N) is 1. The van der Waals surface area contributed by atoms with Crippen molar-refractivity contribution in [3.8, 4) is 0 Å². The van der Waals surface area contributed by atoms with E-state index >= 15 is 0 Å². The fraction of sp³-hybridized carbons (Fsp3) is 0.533. The van der Waals surface area contributed by atoms with Crippen molar-refractivity contribution >= 4 is 29.9 Å². The smallest absolute Gasteiger partial charge is 0.239 e. The molecule has 1 aromatic rings. The van der Waals surface area contributed by atoms with Crippen LogP contribution in [0.15, 0.2) is 24.3 Å². The zero-order chi connectivity index (χ0) is 13.9. The molecule has 0 bridgehead atoms. The SMILES string of the molecule is Cl.O=C(C1CCCN1)N1CCOC(c2ccc(Cl)cc2)C1. The number of halogens is 2. The molecule has 2 aliphatic rings. The second kappa shape index (κ2) is 7.45. The molecule has 0 spiro atoms. The fourth-order valence-corrected chi connectivity index (χ4v) is 2.97. The van der Waals surface area contributed by atoms with Gasteiger partial charge in [-0.25, -0.2) is 0 Å². The van der Waals surface area contributed by atoms with Crippen LogP contribution in [0.3, 0.4) is 0 Å². The van der Waals surface area contributed by atoms with Crippen molar-refractivity contribution in [1.82, 2.24) is 10.2 Å². The monoisotopic (exact) mass is 330 g/mol. The normalized spacial score (nSPS) is 25.5. The van der Waals surface area contributed by atoms with Crippen molar-refractivity contribution in [2.75, 3.05) is 26.2 Å². The summed E-state index contributed by atoms with van der Waals surface area (Å²) in [6.07, 6.45) is 1.98. The van der Waals surface area contributed by atoms with E-state index in [2.05, 4.69) is 5.32 Å². The maximum absolute atomic E-state index is 12.4. The molecule has 21 heavy (non-hydrogen) atoms. The number of nitrogens with zero attached hydrogens (tertiary/aromatic N) is 1. The summed E-state index contributed by atoms with van der Waals surface area (Å²) < 4.78 is 5.79. The molecular weight excluding hydrogens is 311 g/mol. The van der Waals surface area contributed by atoms with E-state index in [0.29, 0.717) is 24.7 Å². The number of morpholine rings is 1. The van der Waals surface area contributed by atoms with E-state index in [1.807, 2.05) is 29.2 Å². The molecule has 2 saturated heterocycles. The minimum atomic E-state index is -0.0497. The predicted molar refractivity (Wildman–Crippen MR) is 85.0 cm³/mol. The first kappa shape index (κ1) is 16.6. The molecule has 0 aliphatic carbocycles. The molecule has 1 amide bonds. The number of ether oxygens (including phenoxy) is 1. The summed E-state index contributed by atoms with van der Waals surface area (Å²) in [4.78, 5) is 14.3. The Bertz CT molecular complexity index is 475. The molecule has 0 radical (unpaired) electrons. The third kappa shape index (κ3) is 3.89. The maximum Gasteiger partial charge on any atom is 0.239 e. The highest BCUT2D eigenvalue weighted by Crippen LogP contribution is 2.24. The van der Waals surface area contributed by atoms with Gasteiger partial charge in [0, 0.05) is 11.6 Å². The fourth-order valence-electron chi connectivity index (χ4n) is 2.84. The minimum absolute atomic E-state index is 0. The van der Waals surface area contributed by atoms with Crippen LogP contribution in [0.4, 0.5) is 0 Å². The van der Waals surface area contributed by atoms with E-state index in [0.717, 1.165) is 24.9 Å². The van der Waals surface area contributed by atoms with Crippen molar-refractivity contribution < 1.29 is 9.53 Å². The Labute approximate surface area is 136 Å². The van der Waals surface area contributed by atoms with Crippen LogP contribution < -0.4 is 5.32 Å². The van der Waals surface area contributed by atoms with Crippen molar-refractivity contribution in [2.45, 2.75) is 25.0 Å². The van der Waals surface area contributed by atoms with Crippen LogP contribution in [-0.4, -0.2) is 43.1 Å². The summed E-state index contributed by atoms with van der Waals surface area (Å²) in [7, 11) is 0. The average Bonchev–Trinajstić information content (AvgIpc) is 3.01. The zero-order valence-corrected chi connectivity index (χ0v) is 13.3. The van der Waals surface area contributed by atoms with Gasteiger partial charge in [-0.05, 0) is 37.1 Å². The van der Waals surface area contributed by atoms with Gasteiger partial charge in [-0.1, -0.05) is 23.7 Å². The molecule has 2 atom stereocenters. The quantitative estimate of drug-likeness (QED) is 0.905. The lowest BCUT2D eigenvalue weighted by Gasteiger charge is -2.34. The first-order chi connectivity index (χ1) is 9.74. The van der Waals surface area contributed by atoms with Gasteiger partial charge >= 0.3 is 0 Å². The summed E-state index contributed by atoms with van der Waals surface area (Å²) >= 11 is 5.90. The molecule has 2 fully saturated rings. The number of amides is 1. The number of carbonyl (C=O) groups is 1. The summed E-state index contributed by atoms with van der Waals surface area (Å²) in [6, 6.07) is 7.65. The standard InChI is InChI=1S/C15H19ClN2O2.ClH/c16-12-5-3-11(4-6-12)14-10-18(8-9-20-14)15(19)13-2-1-7-17-13;/h3-6,13-14,17H,1-2,7-10H2;1H. The Morgan fingerprint density at radius 2 is 2.10 bits per heavy atom. The average molecular weight is 331 g/mol. The summed E-state index contributed by atoms with van der Waals surface area (Å²) in [5, 5.41) is 3.98. The van der Waals surface area contributed by atoms with E-state index in [1.165, 1.54) is 0 Å². The molecule has 2 unspecified atom stereocenters. The number of hydrogen-bond acceptors (Lipinski definition) is 3. The van der Waals surface area contributed by atoms with E-state index in [4.69, 9.17) is 16.3 Å². The van der Waals surface area contributed by atoms with Crippen molar-refractivity contribution in [2.24, 2.45) is 0 Å². The van der Waals surface area contributed by atoms with E-state index < -0.39 is 0 Å². The van der Waals surface area contributed by atoms with Gasteiger partial charge in [0.2, 0.25) is 5.91 Å². The van der Waals surface area contributed by atoms with Crippen molar-refractivity contribution in [3.05, 3.63) is 34.9 Å². The van der Waals surface area contributed by atoms with Gasteiger partial charge in [-0.2, -0.15) is 0 Å². The highest BCUT2D eigenvalue weighted by molar-refractivity contribution is 6.30. The Morgan fingerprint density at radius 1 is 1.33 bits per heavy atom. The highest BCUT2D eigenvalue weighted by atomic mass is 35.5. The van der Waals surface area contributed by atoms with Crippen LogP contribution >= 0.6 is 24.0 Å². The van der Waals surface area contributed by atoms with Gasteiger partial charge in [0.25, 0.3) is 0 Å². The molecule has 1 N–H and O–H groups in total. The first-order valence-electron chi connectivity index (χ1n) is 7.13. The van der Waals surface area contributed by atoms with Gasteiger partial charge in [0.1, 0.15) is 6.10 Å². The summed E-state index contributed by atoms with van der Waals surface area (Å²) in [5.41, 5.74) is 1.08. The topological polar surface area (TPSA) is 41.6 Å². The number of rotatable bonds is 2. The molecule has 0 saturated carbocycles. The van der Waals surface area contributed by atoms with Gasteiger partial charge < -0.3 is 15.0 Å². The Morgan fingerprint density at radius 3 is 2.76 bits per heavy atom. The lowest BCUT2D eigenvalue weighted by Crippen LogP contribution is -2.49. The van der Waals surface area contributed by atoms with Crippen LogP contribution in [-0.2, 0) is 9.53 Å². The largest absolute Gasteiger partial charge is 0.370 e. The van der Waals surface area contributed by atoms with Gasteiger partial charge in [0.15, 0.2) is 0 Å². The third-order valence-electron chi connectivity index (χ3n) is 3.98. The molecular formula is C15H20Cl2N2O2. The molecule has 1 aromatic carbocycles. The molecule has 6 heteroatoms. The van der Waals surface area contributed by atoms with Gasteiger partial charge in [-0.3, -0.25) is 4.79 Å². The van der Waals surface area contributed by atoms with Crippen LogP contribution in [0.1, 0.15) is 24.5 Å². The van der Waals surface area contributed by atoms with Crippen molar-refractivity contribution in [1.29, 1.82) is 0 Å². The second-order valence-corrected chi connectivity index (χ2v) is 5.78. The van der Waals surface area contributed by atoms with E-state index in [-0.39, 0.29) is 30.5 Å².